The fourth-order valence-corrected chi connectivity index (χ4v) is 1.38. The zero-order valence-electron chi connectivity index (χ0n) is 5.93. The smallest absolute Gasteiger partial charge is 0.0434 e. The summed E-state index contributed by atoms with van der Waals surface area (Å²) in [7, 11) is 0. The van der Waals surface area contributed by atoms with E-state index in [1.807, 2.05) is 0 Å². The van der Waals surface area contributed by atoms with Crippen LogP contribution in [0, 0.1) is 5.92 Å². The first-order valence-corrected chi connectivity index (χ1v) is 3.62. The molecule has 0 radical (unpaired) electrons. The average molecular weight is 129 g/mol. The summed E-state index contributed by atoms with van der Waals surface area (Å²) in [5, 5.41) is 8.55. The zero-order chi connectivity index (χ0) is 6.91. The first kappa shape index (κ1) is 7.03. The molecule has 9 heavy (non-hydrogen) atoms. The van der Waals surface area contributed by atoms with Gasteiger partial charge in [-0.2, -0.15) is 0 Å². The van der Waals surface area contributed by atoms with Gasteiger partial charge in [0, 0.05) is 12.1 Å². The van der Waals surface area contributed by atoms with Crippen LogP contribution in [0.15, 0.2) is 0 Å². The first-order valence-electron chi connectivity index (χ1n) is 3.62. The Morgan fingerprint density at radius 3 is 2.78 bits per heavy atom. The molecule has 3 N–H and O–H groups in total. The van der Waals surface area contributed by atoms with Gasteiger partial charge in [0.25, 0.3) is 0 Å². The van der Waals surface area contributed by atoms with Gasteiger partial charge in [0.15, 0.2) is 0 Å². The Labute approximate surface area is 56.1 Å². The third-order valence-electron chi connectivity index (χ3n) is 2.42. The van der Waals surface area contributed by atoms with Gasteiger partial charge in [0.05, 0.1) is 0 Å². The lowest BCUT2D eigenvalue weighted by molar-refractivity contribution is 0.274. The van der Waals surface area contributed by atoms with Crippen LogP contribution in [0.25, 0.3) is 0 Å². The number of nitrogens with two attached hydrogens (primary N) is 1. The van der Waals surface area contributed by atoms with E-state index in [0.717, 1.165) is 19.3 Å². The Hall–Kier alpha value is -0.0800. The second kappa shape index (κ2) is 2.27. The van der Waals surface area contributed by atoms with Crippen LogP contribution in [0.3, 0.4) is 0 Å². The van der Waals surface area contributed by atoms with E-state index in [-0.39, 0.29) is 5.54 Å². The van der Waals surface area contributed by atoms with Gasteiger partial charge in [0.2, 0.25) is 0 Å². The molecule has 0 aromatic heterocycles. The predicted octanol–water partition coefficient (Wildman–Crippen LogP) is 0.496. The molecule has 2 atom stereocenters. The van der Waals surface area contributed by atoms with Crippen LogP contribution in [-0.2, 0) is 0 Å². The zero-order valence-corrected chi connectivity index (χ0v) is 5.93. The highest BCUT2D eigenvalue weighted by Crippen LogP contribution is 2.45. The van der Waals surface area contributed by atoms with E-state index in [1.54, 1.807) is 0 Å². The highest BCUT2D eigenvalue weighted by Gasteiger charge is 2.48. The maximum absolute atomic E-state index is 8.55. The lowest BCUT2D eigenvalue weighted by Gasteiger charge is -2.04. The van der Waals surface area contributed by atoms with Crippen LogP contribution < -0.4 is 5.73 Å². The van der Waals surface area contributed by atoms with Crippen molar-refractivity contribution >= 4 is 0 Å². The highest BCUT2D eigenvalue weighted by atomic mass is 16.3. The first-order chi connectivity index (χ1) is 4.23. The van der Waals surface area contributed by atoms with Crippen molar-refractivity contribution in [1.82, 2.24) is 0 Å². The van der Waals surface area contributed by atoms with Crippen molar-refractivity contribution in [3.05, 3.63) is 0 Å². The van der Waals surface area contributed by atoms with Crippen molar-refractivity contribution in [2.75, 3.05) is 6.61 Å². The molecule has 54 valence electrons. The summed E-state index contributed by atoms with van der Waals surface area (Å²) in [4.78, 5) is 0. The number of hydrogen-bond donors (Lipinski definition) is 2. The van der Waals surface area contributed by atoms with Crippen molar-refractivity contribution in [3.8, 4) is 0 Å². The summed E-state index contributed by atoms with van der Waals surface area (Å²) < 4.78 is 0. The number of hydrogen-bond acceptors (Lipinski definition) is 2. The molecule has 0 unspecified atom stereocenters. The molecule has 0 heterocycles. The molecule has 0 aliphatic heterocycles. The standard InChI is InChI=1S/C7H15NO/c1-2-7(8)5-6(7)3-4-9/h6,9H,2-5,8H2,1H3/t6-,7-/m1/s1. The molecule has 0 aromatic carbocycles. The third-order valence-corrected chi connectivity index (χ3v) is 2.42. The van der Waals surface area contributed by atoms with Crippen molar-refractivity contribution in [2.45, 2.75) is 31.7 Å². The molecular weight excluding hydrogens is 114 g/mol. The van der Waals surface area contributed by atoms with Crippen LogP contribution in [0.4, 0.5) is 0 Å². The van der Waals surface area contributed by atoms with Gasteiger partial charge in [-0.1, -0.05) is 6.92 Å². The fourth-order valence-electron chi connectivity index (χ4n) is 1.38. The largest absolute Gasteiger partial charge is 0.396 e. The van der Waals surface area contributed by atoms with E-state index < -0.39 is 0 Å². The fraction of sp³-hybridized carbons (Fsp3) is 1.00. The molecule has 1 fully saturated rings. The van der Waals surface area contributed by atoms with E-state index >= 15 is 0 Å². The molecule has 0 bridgehead atoms. The summed E-state index contributed by atoms with van der Waals surface area (Å²) >= 11 is 0. The molecule has 2 nitrogen and oxygen atoms in total. The maximum Gasteiger partial charge on any atom is 0.0434 e. The minimum Gasteiger partial charge on any atom is -0.396 e. The van der Waals surface area contributed by atoms with Crippen LogP contribution in [0.2, 0.25) is 0 Å². The van der Waals surface area contributed by atoms with E-state index in [0.29, 0.717) is 12.5 Å². The van der Waals surface area contributed by atoms with Gasteiger partial charge < -0.3 is 10.8 Å². The molecule has 0 amide bonds. The average Bonchev–Trinajstić information content (AvgIpc) is 2.46. The molecule has 1 saturated carbocycles. The minimum atomic E-state index is 0.0999. The number of aliphatic hydroxyl groups excluding tert-OH is 1. The van der Waals surface area contributed by atoms with Gasteiger partial charge >= 0.3 is 0 Å². The normalized spacial score (nSPS) is 41.0. The van der Waals surface area contributed by atoms with Gasteiger partial charge in [0.1, 0.15) is 0 Å². The summed E-state index contributed by atoms with van der Waals surface area (Å²) in [5.41, 5.74) is 5.96. The highest BCUT2D eigenvalue weighted by molar-refractivity contribution is 5.06. The SMILES string of the molecule is CC[C@@]1(N)C[C@H]1CCO. The number of rotatable bonds is 3. The maximum atomic E-state index is 8.55. The second-order valence-electron chi connectivity index (χ2n) is 3.00. The molecule has 1 aliphatic carbocycles. The van der Waals surface area contributed by atoms with Crippen molar-refractivity contribution in [2.24, 2.45) is 11.7 Å². The Bertz CT molecular complexity index is 103. The molecule has 1 rings (SSSR count). The van der Waals surface area contributed by atoms with Gasteiger partial charge in [-0.3, -0.25) is 0 Å². The Kier molecular flexibility index (Phi) is 1.78. The van der Waals surface area contributed by atoms with Gasteiger partial charge in [-0.15, -0.1) is 0 Å². The molecule has 2 heteroatoms. The predicted molar refractivity (Wildman–Crippen MR) is 37.0 cm³/mol. The quantitative estimate of drug-likeness (QED) is 0.582. The molecular formula is C7H15NO. The van der Waals surface area contributed by atoms with Crippen LogP contribution in [-0.4, -0.2) is 17.3 Å². The molecule has 0 saturated heterocycles. The van der Waals surface area contributed by atoms with Crippen LogP contribution >= 0.6 is 0 Å². The Morgan fingerprint density at radius 1 is 1.78 bits per heavy atom. The second-order valence-corrected chi connectivity index (χ2v) is 3.00. The van der Waals surface area contributed by atoms with Gasteiger partial charge in [-0.25, -0.2) is 0 Å². The molecule has 0 aromatic rings. The summed E-state index contributed by atoms with van der Waals surface area (Å²) in [5.74, 6) is 0.604. The lowest BCUT2D eigenvalue weighted by Crippen LogP contribution is -2.23. The van der Waals surface area contributed by atoms with E-state index in [2.05, 4.69) is 6.92 Å². The van der Waals surface area contributed by atoms with Crippen LogP contribution in [0.5, 0.6) is 0 Å². The van der Waals surface area contributed by atoms with Gasteiger partial charge in [-0.05, 0) is 25.2 Å². The van der Waals surface area contributed by atoms with Crippen molar-refractivity contribution in [3.63, 3.8) is 0 Å². The van der Waals surface area contributed by atoms with E-state index in [4.69, 9.17) is 10.8 Å². The Balaban J connectivity index is 2.22. The summed E-state index contributed by atoms with van der Waals surface area (Å²) in [6, 6.07) is 0. The van der Waals surface area contributed by atoms with Crippen LogP contribution in [0.1, 0.15) is 26.2 Å². The Morgan fingerprint density at radius 2 is 2.44 bits per heavy atom. The monoisotopic (exact) mass is 129 g/mol. The third kappa shape index (κ3) is 1.25. The summed E-state index contributed by atoms with van der Waals surface area (Å²) in [6.45, 7) is 2.40. The number of aliphatic hydroxyl groups is 1. The molecule has 0 spiro atoms. The topological polar surface area (TPSA) is 46.2 Å². The molecule has 1 aliphatic rings. The summed E-state index contributed by atoms with van der Waals surface area (Å²) in [6.07, 6.45) is 3.06. The minimum absolute atomic E-state index is 0.0999. The van der Waals surface area contributed by atoms with Crippen molar-refractivity contribution < 1.29 is 5.11 Å². The van der Waals surface area contributed by atoms with Crippen molar-refractivity contribution in [1.29, 1.82) is 0 Å². The lowest BCUT2D eigenvalue weighted by atomic mass is 10.1. The van der Waals surface area contributed by atoms with E-state index in [1.165, 1.54) is 0 Å². The van der Waals surface area contributed by atoms with E-state index in [9.17, 15) is 0 Å².